The monoisotopic (exact) mass is 300 g/mol. The van der Waals surface area contributed by atoms with Gasteiger partial charge in [-0.2, -0.15) is 17.4 Å². The van der Waals surface area contributed by atoms with E-state index in [-0.39, 0.29) is 12.1 Å². The summed E-state index contributed by atoms with van der Waals surface area (Å²) in [7, 11) is -3.40. The Labute approximate surface area is 124 Å². The summed E-state index contributed by atoms with van der Waals surface area (Å²) in [4.78, 5) is 0. The quantitative estimate of drug-likeness (QED) is 0.922. The molecule has 2 atom stereocenters. The summed E-state index contributed by atoms with van der Waals surface area (Å²) in [6.07, 6.45) is 0.769. The predicted octanol–water partition coefficient (Wildman–Crippen LogP) is 2.00. The number of hydrogen-bond acceptors (Lipinski definition) is 2. The zero-order valence-corrected chi connectivity index (χ0v) is 12.3. The maximum absolute atomic E-state index is 12.4. The fourth-order valence-electron chi connectivity index (χ4n) is 3.39. The van der Waals surface area contributed by atoms with E-state index in [1.54, 1.807) is 4.31 Å². The second kappa shape index (κ2) is 4.66. The van der Waals surface area contributed by atoms with E-state index in [4.69, 9.17) is 0 Å². The Morgan fingerprint density at radius 2 is 1.76 bits per heavy atom. The third kappa shape index (κ3) is 2.09. The van der Waals surface area contributed by atoms with Crippen LogP contribution in [-0.2, 0) is 23.2 Å². The van der Waals surface area contributed by atoms with Gasteiger partial charge in [-0.15, -0.1) is 0 Å². The van der Waals surface area contributed by atoms with E-state index >= 15 is 0 Å². The van der Waals surface area contributed by atoms with E-state index in [0.29, 0.717) is 6.54 Å². The van der Waals surface area contributed by atoms with Crippen LogP contribution in [0.1, 0.15) is 22.7 Å². The van der Waals surface area contributed by atoms with Crippen LogP contribution >= 0.6 is 0 Å². The summed E-state index contributed by atoms with van der Waals surface area (Å²) in [6, 6.07) is 17.7. The molecule has 108 valence electrons. The summed E-state index contributed by atoms with van der Waals surface area (Å²) in [5.41, 5.74) is 3.38. The van der Waals surface area contributed by atoms with E-state index in [9.17, 15) is 8.42 Å². The van der Waals surface area contributed by atoms with Crippen LogP contribution < -0.4 is 4.72 Å². The van der Waals surface area contributed by atoms with Crippen molar-refractivity contribution in [2.45, 2.75) is 25.0 Å². The van der Waals surface area contributed by atoms with Gasteiger partial charge in [0.2, 0.25) is 0 Å². The van der Waals surface area contributed by atoms with E-state index < -0.39 is 10.2 Å². The second-order valence-electron chi connectivity index (χ2n) is 5.61. The van der Waals surface area contributed by atoms with E-state index in [2.05, 4.69) is 10.8 Å². The van der Waals surface area contributed by atoms with Gasteiger partial charge in [0.25, 0.3) is 10.2 Å². The lowest BCUT2D eigenvalue weighted by Crippen LogP contribution is -2.31. The van der Waals surface area contributed by atoms with Crippen LogP contribution in [0.5, 0.6) is 0 Å². The van der Waals surface area contributed by atoms with Crippen LogP contribution in [-0.4, -0.2) is 18.8 Å². The number of nitrogens with one attached hydrogen (secondary N) is 1. The average molecular weight is 300 g/mol. The minimum absolute atomic E-state index is 0.0453. The molecule has 1 N–H and O–H groups in total. The molecular weight excluding hydrogens is 284 g/mol. The van der Waals surface area contributed by atoms with Gasteiger partial charge in [0, 0.05) is 12.6 Å². The fourth-order valence-corrected chi connectivity index (χ4v) is 5.00. The molecule has 0 aromatic heterocycles. The van der Waals surface area contributed by atoms with Crippen LogP contribution in [0.15, 0.2) is 54.6 Å². The molecule has 1 aliphatic heterocycles. The summed E-state index contributed by atoms with van der Waals surface area (Å²) >= 11 is 0. The Balaban J connectivity index is 1.74. The number of rotatable bonds is 2. The van der Waals surface area contributed by atoms with Crippen LogP contribution in [0.25, 0.3) is 0 Å². The molecule has 4 nitrogen and oxygen atoms in total. The molecule has 1 aliphatic carbocycles. The highest BCUT2D eigenvalue weighted by Crippen LogP contribution is 2.42. The summed E-state index contributed by atoms with van der Waals surface area (Å²) in [6.45, 7) is 0.408. The molecule has 0 saturated carbocycles. The molecule has 21 heavy (non-hydrogen) atoms. The number of fused-ring (bicyclic) bond motifs is 3. The van der Waals surface area contributed by atoms with Crippen LogP contribution in [0.3, 0.4) is 0 Å². The Kier molecular flexibility index (Phi) is 2.89. The molecule has 2 unspecified atom stereocenters. The summed E-state index contributed by atoms with van der Waals surface area (Å²) in [5.74, 6) is 0. The van der Waals surface area contributed by atoms with Crippen molar-refractivity contribution in [1.82, 2.24) is 9.03 Å². The third-order valence-corrected chi connectivity index (χ3v) is 5.87. The Bertz CT molecular complexity index is 774. The number of nitrogens with zero attached hydrogens (tertiary/aromatic N) is 1. The molecule has 1 heterocycles. The Hall–Kier alpha value is -1.69. The molecule has 1 fully saturated rings. The number of hydrogen-bond donors (Lipinski definition) is 1. The predicted molar refractivity (Wildman–Crippen MR) is 80.7 cm³/mol. The zero-order valence-electron chi connectivity index (χ0n) is 11.4. The van der Waals surface area contributed by atoms with Gasteiger partial charge in [-0.25, -0.2) is 0 Å². The molecular formula is C16H16N2O2S. The Morgan fingerprint density at radius 3 is 2.57 bits per heavy atom. The van der Waals surface area contributed by atoms with E-state index in [0.717, 1.165) is 17.5 Å². The summed E-state index contributed by atoms with van der Waals surface area (Å²) < 4.78 is 29.2. The van der Waals surface area contributed by atoms with Crippen molar-refractivity contribution in [3.8, 4) is 0 Å². The molecule has 0 radical (unpaired) electrons. The molecule has 2 aliphatic rings. The van der Waals surface area contributed by atoms with E-state index in [1.807, 2.05) is 48.5 Å². The van der Waals surface area contributed by atoms with Crippen LogP contribution in [0, 0.1) is 0 Å². The first-order valence-corrected chi connectivity index (χ1v) is 8.50. The van der Waals surface area contributed by atoms with E-state index in [1.165, 1.54) is 5.56 Å². The second-order valence-corrected chi connectivity index (χ2v) is 7.26. The van der Waals surface area contributed by atoms with Gasteiger partial charge in [0.05, 0.1) is 6.04 Å². The highest BCUT2D eigenvalue weighted by atomic mass is 32.2. The molecule has 0 bridgehead atoms. The third-order valence-electron chi connectivity index (χ3n) is 4.30. The van der Waals surface area contributed by atoms with Gasteiger partial charge >= 0.3 is 0 Å². The minimum Gasteiger partial charge on any atom is -0.197 e. The summed E-state index contributed by atoms with van der Waals surface area (Å²) in [5, 5.41) is 0. The molecule has 1 saturated heterocycles. The average Bonchev–Trinajstić information content (AvgIpc) is 2.93. The molecule has 0 amide bonds. The van der Waals surface area contributed by atoms with Crippen molar-refractivity contribution >= 4 is 10.2 Å². The smallest absolute Gasteiger partial charge is 0.197 e. The first-order valence-electron chi connectivity index (χ1n) is 7.06. The van der Waals surface area contributed by atoms with Gasteiger partial charge in [-0.05, 0) is 23.1 Å². The van der Waals surface area contributed by atoms with Gasteiger partial charge < -0.3 is 0 Å². The molecule has 2 aromatic rings. The lowest BCUT2D eigenvalue weighted by atomic mass is 10.1. The minimum atomic E-state index is -3.40. The Morgan fingerprint density at radius 1 is 1.05 bits per heavy atom. The molecule has 2 aromatic carbocycles. The van der Waals surface area contributed by atoms with Gasteiger partial charge in [0.15, 0.2) is 0 Å². The fraction of sp³-hybridized carbons (Fsp3) is 0.250. The maximum atomic E-state index is 12.4. The van der Waals surface area contributed by atoms with Gasteiger partial charge in [0.1, 0.15) is 0 Å². The first kappa shape index (κ1) is 13.0. The lowest BCUT2D eigenvalue weighted by Gasteiger charge is -2.21. The highest BCUT2D eigenvalue weighted by molar-refractivity contribution is 7.87. The lowest BCUT2D eigenvalue weighted by molar-refractivity contribution is 0.330. The SMILES string of the molecule is O=S1(=O)NC2Cc3ccccc3C2N1Cc1ccccc1. The van der Waals surface area contributed by atoms with Crippen LogP contribution in [0.2, 0.25) is 0 Å². The van der Waals surface area contributed by atoms with Gasteiger partial charge in [-0.3, -0.25) is 0 Å². The van der Waals surface area contributed by atoms with Crippen molar-refractivity contribution in [3.63, 3.8) is 0 Å². The topological polar surface area (TPSA) is 49.4 Å². The van der Waals surface area contributed by atoms with Crippen molar-refractivity contribution in [2.24, 2.45) is 0 Å². The maximum Gasteiger partial charge on any atom is 0.280 e. The van der Waals surface area contributed by atoms with Crippen molar-refractivity contribution < 1.29 is 8.42 Å². The molecule has 4 rings (SSSR count). The van der Waals surface area contributed by atoms with Gasteiger partial charge in [-0.1, -0.05) is 54.6 Å². The van der Waals surface area contributed by atoms with Crippen LogP contribution in [0.4, 0.5) is 0 Å². The number of benzene rings is 2. The molecule has 0 spiro atoms. The van der Waals surface area contributed by atoms with Crippen molar-refractivity contribution in [1.29, 1.82) is 0 Å². The highest BCUT2D eigenvalue weighted by Gasteiger charge is 2.49. The first-order chi connectivity index (χ1) is 10.1. The standard InChI is InChI=1S/C16H16N2O2S/c19-21(20)17-15-10-13-8-4-5-9-14(13)16(15)18(21)11-12-6-2-1-3-7-12/h1-9,15-17H,10-11H2. The van der Waals surface area contributed by atoms with Crippen molar-refractivity contribution in [3.05, 3.63) is 71.3 Å². The largest absolute Gasteiger partial charge is 0.280 e. The van der Waals surface area contributed by atoms with Crippen molar-refractivity contribution in [2.75, 3.05) is 0 Å². The zero-order chi connectivity index (χ0) is 14.4. The molecule has 5 heteroatoms. The normalized spacial score (nSPS) is 26.5.